The molecule has 114 valence electrons. The first kappa shape index (κ1) is 15.4. The summed E-state index contributed by atoms with van der Waals surface area (Å²) in [7, 11) is 0. The zero-order chi connectivity index (χ0) is 15.2. The fourth-order valence-corrected chi connectivity index (χ4v) is 2.11. The van der Waals surface area contributed by atoms with Gasteiger partial charge < -0.3 is 10.6 Å². The molecule has 2 rings (SSSR count). The highest BCUT2D eigenvalue weighted by Gasteiger charge is 2.11. The van der Waals surface area contributed by atoms with Crippen LogP contribution in [0.5, 0.6) is 0 Å². The van der Waals surface area contributed by atoms with E-state index in [-0.39, 0.29) is 11.9 Å². The van der Waals surface area contributed by atoms with E-state index in [1.165, 1.54) is 0 Å². The van der Waals surface area contributed by atoms with Crippen molar-refractivity contribution in [2.24, 2.45) is 0 Å². The molecule has 0 atom stereocenters. The van der Waals surface area contributed by atoms with Crippen molar-refractivity contribution < 1.29 is 4.79 Å². The Hall–Kier alpha value is -1.95. The van der Waals surface area contributed by atoms with Crippen molar-refractivity contribution in [3.8, 4) is 0 Å². The predicted octanol–water partition coefficient (Wildman–Crippen LogP) is 1.74. The van der Waals surface area contributed by atoms with Crippen LogP contribution in [0.3, 0.4) is 0 Å². The number of pyridine rings is 1. The quantitative estimate of drug-likeness (QED) is 0.762. The summed E-state index contributed by atoms with van der Waals surface area (Å²) in [6, 6.07) is 2.09. The van der Waals surface area contributed by atoms with Gasteiger partial charge in [0.1, 0.15) is 0 Å². The van der Waals surface area contributed by atoms with Gasteiger partial charge in [0.25, 0.3) is 5.91 Å². The SMILES string of the molecule is CCCNCCNC(=O)c1cnc2c(cnn2C(C)C)c1. The Kier molecular flexibility index (Phi) is 5.27. The van der Waals surface area contributed by atoms with Crippen molar-refractivity contribution in [3.63, 3.8) is 0 Å². The molecule has 2 heterocycles. The van der Waals surface area contributed by atoms with Gasteiger partial charge in [-0.1, -0.05) is 6.92 Å². The molecule has 1 amide bonds. The van der Waals surface area contributed by atoms with Crippen LogP contribution in [0, 0.1) is 0 Å². The van der Waals surface area contributed by atoms with Crippen LogP contribution < -0.4 is 10.6 Å². The number of carbonyl (C=O) groups is 1. The Morgan fingerprint density at radius 1 is 1.29 bits per heavy atom. The first-order valence-electron chi connectivity index (χ1n) is 7.45. The van der Waals surface area contributed by atoms with Crippen LogP contribution in [0.4, 0.5) is 0 Å². The summed E-state index contributed by atoms with van der Waals surface area (Å²) < 4.78 is 1.85. The van der Waals surface area contributed by atoms with E-state index in [4.69, 9.17) is 0 Å². The molecule has 0 spiro atoms. The Labute approximate surface area is 124 Å². The second-order valence-electron chi connectivity index (χ2n) is 5.33. The highest BCUT2D eigenvalue weighted by atomic mass is 16.1. The van der Waals surface area contributed by atoms with Crippen LogP contribution in [0.25, 0.3) is 11.0 Å². The molecular weight excluding hydrogens is 266 g/mol. The van der Waals surface area contributed by atoms with Crippen molar-refractivity contribution in [1.29, 1.82) is 0 Å². The number of amides is 1. The summed E-state index contributed by atoms with van der Waals surface area (Å²) in [5.74, 6) is -0.0972. The van der Waals surface area contributed by atoms with Crippen molar-refractivity contribution in [2.75, 3.05) is 19.6 Å². The molecule has 0 radical (unpaired) electrons. The number of fused-ring (bicyclic) bond motifs is 1. The minimum atomic E-state index is -0.0972. The maximum Gasteiger partial charge on any atom is 0.252 e. The van der Waals surface area contributed by atoms with Crippen LogP contribution in [0.15, 0.2) is 18.5 Å². The van der Waals surface area contributed by atoms with Crippen molar-refractivity contribution in [3.05, 3.63) is 24.0 Å². The Bertz CT molecular complexity index is 605. The van der Waals surface area contributed by atoms with Gasteiger partial charge >= 0.3 is 0 Å². The second-order valence-corrected chi connectivity index (χ2v) is 5.33. The molecular formula is C15H23N5O. The smallest absolute Gasteiger partial charge is 0.252 e. The topological polar surface area (TPSA) is 71.8 Å². The number of nitrogens with one attached hydrogen (secondary N) is 2. The number of hydrogen-bond donors (Lipinski definition) is 2. The molecule has 0 saturated heterocycles. The van der Waals surface area contributed by atoms with E-state index < -0.39 is 0 Å². The average molecular weight is 289 g/mol. The fraction of sp³-hybridized carbons (Fsp3) is 0.533. The molecule has 6 nitrogen and oxygen atoms in total. The summed E-state index contributed by atoms with van der Waals surface area (Å²) in [6.45, 7) is 8.58. The van der Waals surface area contributed by atoms with Crippen molar-refractivity contribution in [2.45, 2.75) is 33.2 Å². The minimum absolute atomic E-state index is 0.0972. The molecule has 0 bridgehead atoms. The van der Waals surface area contributed by atoms with Gasteiger partial charge in [0.2, 0.25) is 0 Å². The molecule has 0 fully saturated rings. The lowest BCUT2D eigenvalue weighted by Gasteiger charge is -2.07. The predicted molar refractivity (Wildman–Crippen MR) is 83.4 cm³/mol. The molecule has 2 aromatic heterocycles. The zero-order valence-corrected chi connectivity index (χ0v) is 12.9. The number of rotatable bonds is 7. The van der Waals surface area contributed by atoms with E-state index in [9.17, 15) is 4.79 Å². The van der Waals surface area contributed by atoms with Gasteiger partial charge in [-0.05, 0) is 32.9 Å². The lowest BCUT2D eigenvalue weighted by molar-refractivity contribution is 0.0954. The lowest BCUT2D eigenvalue weighted by atomic mass is 10.2. The third-order valence-electron chi connectivity index (χ3n) is 3.20. The third kappa shape index (κ3) is 3.78. The Morgan fingerprint density at radius 2 is 2.10 bits per heavy atom. The van der Waals surface area contributed by atoms with Crippen LogP contribution in [0.2, 0.25) is 0 Å². The zero-order valence-electron chi connectivity index (χ0n) is 12.9. The van der Waals surface area contributed by atoms with Gasteiger partial charge in [0.05, 0.1) is 11.8 Å². The molecule has 0 aliphatic carbocycles. The second kappa shape index (κ2) is 7.17. The van der Waals surface area contributed by atoms with E-state index >= 15 is 0 Å². The van der Waals surface area contributed by atoms with E-state index in [2.05, 4.69) is 41.5 Å². The first-order valence-corrected chi connectivity index (χ1v) is 7.45. The average Bonchev–Trinajstić information content (AvgIpc) is 2.90. The minimum Gasteiger partial charge on any atom is -0.351 e. The lowest BCUT2D eigenvalue weighted by Crippen LogP contribution is -2.32. The van der Waals surface area contributed by atoms with Gasteiger partial charge in [-0.25, -0.2) is 9.67 Å². The Morgan fingerprint density at radius 3 is 2.81 bits per heavy atom. The van der Waals surface area contributed by atoms with E-state index in [1.807, 2.05) is 10.7 Å². The summed E-state index contributed by atoms with van der Waals surface area (Å²) in [4.78, 5) is 16.4. The molecule has 0 aromatic carbocycles. The van der Waals surface area contributed by atoms with Gasteiger partial charge in [-0.3, -0.25) is 4.79 Å². The number of carbonyl (C=O) groups excluding carboxylic acids is 1. The van der Waals surface area contributed by atoms with E-state index in [0.717, 1.165) is 30.5 Å². The first-order chi connectivity index (χ1) is 10.1. The molecule has 2 N–H and O–H groups in total. The molecule has 0 saturated carbocycles. The van der Waals surface area contributed by atoms with Crippen LogP contribution in [0.1, 0.15) is 43.6 Å². The summed E-state index contributed by atoms with van der Waals surface area (Å²) >= 11 is 0. The van der Waals surface area contributed by atoms with Crippen molar-refractivity contribution >= 4 is 16.9 Å². The van der Waals surface area contributed by atoms with E-state index in [0.29, 0.717) is 12.1 Å². The largest absolute Gasteiger partial charge is 0.351 e. The molecule has 0 aliphatic rings. The maximum atomic E-state index is 12.1. The van der Waals surface area contributed by atoms with E-state index in [1.54, 1.807) is 12.4 Å². The molecule has 6 heteroatoms. The van der Waals surface area contributed by atoms with Gasteiger partial charge in [-0.2, -0.15) is 5.10 Å². The fourth-order valence-electron chi connectivity index (χ4n) is 2.11. The summed E-state index contributed by atoms with van der Waals surface area (Å²) in [6.07, 6.45) is 4.45. The molecule has 21 heavy (non-hydrogen) atoms. The Balaban J connectivity index is 2.00. The third-order valence-corrected chi connectivity index (χ3v) is 3.20. The number of hydrogen-bond acceptors (Lipinski definition) is 4. The van der Waals surface area contributed by atoms with Gasteiger partial charge in [0, 0.05) is 30.7 Å². The molecule has 2 aromatic rings. The van der Waals surface area contributed by atoms with Crippen molar-refractivity contribution in [1.82, 2.24) is 25.4 Å². The number of nitrogens with zero attached hydrogens (tertiary/aromatic N) is 3. The van der Waals surface area contributed by atoms with Crippen LogP contribution in [-0.2, 0) is 0 Å². The van der Waals surface area contributed by atoms with Crippen LogP contribution in [-0.4, -0.2) is 40.3 Å². The van der Waals surface area contributed by atoms with Gasteiger partial charge in [0.15, 0.2) is 5.65 Å². The standard InChI is InChI=1S/C15H23N5O/c1-4-5-16-6-7-17-15(21)13-8-12-10-19-20(11(2)3)14(12)18-9-13/h8-11,16H,4-7H2,1-3H3,(H,17,21). The highest BCUT2D eigenvalue weighted by Crippen LogP contribution is 2.16. The number of aromatic nitrogens is 3. The highest BCUT2D eigenvalue weighted by molar-refractivity contribution is 5.96. The summed E-state index contributed by atoms with van der Waals surface area (Å²) in [5, 5.41) is 11.3. The molecule has 0 unspecified atom stereocenters. The summed E-state index contributed by atoms with van der Waals surface area (Å²) in [5.41, 5.74) is 1.38. The van der Waals surface area contributed by atoms with Gasteiger partial charge in [-0.15, -0.1) is 0 Å². The normalized spacial score (nSPS) is 11.2. The van der Waals surface area contributed by atoms with Crippen LogP contribution >= 0.6 is 0 Å². The maximum absolute atomic E-state index is 12.1. The monoisotopic (exact) mass is 289 g/mol. The molecule has 0 aliphatic heterocycles.